The van der Waals surface area contributed by atoms with Crippen molar-refractivity contribution in [3.8, 4) is 33.3 Å². The van der Waals surface area contributed by atoms with Gasteiger partial charge in [0.1, 0.15) is 16.7 Å². The maximum atomic E-state index is 11.8. The minimum absolute atomic E-state index is 0.0759. The van der Waals surface area contributed by atoms with Crippen molar-refractivity contribution in [3.63, 3.8) is 0 Å². The third-order valence-electron chi connectivity index (χ3n) is 5.48. The van der Waals surface area contributed by atoms with E-state index in [9.17, 15) is 4.79 Å². The van der Waals surface area contributed by atoms with Crippen molar-refractivity contribution < 1.29 is 4.79 Å². The predicted octanol–water partition coefficient (Wildman–Crippen LogP) is 5.69. The van der Waals surface area contributed by atoms with Gasteiger partial charge in [-0.05, 0) is 36.4 Å². The first-order valence-corrected chi connectivity index (χ1v) is 12.0. The van der Waals surface area contributed by atoms with E-state index >= 15 is 0 Å². The molecule has 0 aliphatic rings. The topological polar surface area (TPSA) is 125 Å². The number of pyridine rings is 3. The van der Waals surface area contributed by atoms with Crippen LogP contribution in [-0.4, -0.2) is 41.0 Å². The van der Waals surface area contributed by atoms with Crippen LogP contribution in [0.15, 0.2) is 55.0 Å². The molecule has 1 amide bonds. The van der Waals surface area contributed by atoms with Crippen LogP contribution in [0.4, 0.5) is 5.69 Å². The smallest absolute Gasteiger partial charge is 0.224 e. The number of halogens is 1. The molecule has 6 heterocycles. The fraction of sp³-hybridized carbons (Fsp3) is 0.0833. The Labute approximate surface area is 207 Å². The van der Waals surface area contributed by atoms with Crippen molar-refractivity contribution in [2.75, 3.05) is 5.32 Å². The highest BCUT2D eigenvalue weighted by atomic mass is 35.5. The van der Waals surface area contributed by atoms with Crippen molar-refractivity contribution in [2.45, 2.75) is 13.3 Å². The normalized spacial score (nSPS) is 11.4. The lowest BCUT2D eigenvalue weighted by Gasteiger charge is -2.06. The van der Waals surface area contributed by atoms with E-state index in [0.717, 1.165) is 32.7 Å². The predicted molar refractivity (Wildman–Crippen MR) is 137 cm³/mol. The minimum Gasteiger partial charge on any atom is -0.336 e. The molecule has 172 valence electrons. The number of nitrogens with zero attached hydrogens (tertiary/aromatic N) is 5. The molecule has 3 N–H and O–H groups in total. The zero-order valence-corrected chi connectivity index (χ0v) is 19.9. The molecule has 0 bridgehead atoms. The first-order chi connectivity index (χ1) is 17.1. The Balaban J connectivity index is 1.43. The van der Waals surface area contributed by atoms with Crippen molar-refractivity contribution in [3.05, 3.63) is 59.3 Å². The molecule has 11 heteroatoms. The molecule has 6 aromatic rings. The zero-order valence-electron chi connectivity index (χ0n) is 18.3. The van der Waals surface area contributed by atoms with E-state index in [2.05, 4.69) is 30.5 Å². The van der Waals surface area contributed by atoms with Gasteiger partial charge >= 0.3 is 0 Å². The van der Waals surface area contributed by atoms with E-state index in [1.165, 1.54) is 11.3 Å². The fourth-order valence-electron chi connectivity index (χ4n) is 3.79. The lowest BCUT2D eigenvalue weighted by molar-refractivity contribution is -0.115. The number of hydrogen-bond acceptors (Lipinski definition) is 7. The summed E-state index contributed by atoms with van der Waals surface area (Å²) in [5, 5.41) is 10.3. The number of H-pyrrole nitrogens is 2. The third-order valence-corrected chi connectivity index (χ3v) is 6.72. The number of rotatable bonds is 5. The van der Waals surface area contributed by atoms with Gasteiger partial charge in [0.15, 0.2) is 11.5 Å². The van der Waals surface area contributed by atoms with Crippen LogP contribution in [0.3, 0.4) is 0 Å². The van der Waals surface area contributed by atoms with Crippen molar-refractivity contribution in [1.29, 1.82) is 0 Å². The SMILES string of the molecule is CCC(=O)Nc1cncc(-c2ccc3[nH]nc(-c4nc5c(-c6ccc(Cl)s6)nccc5[nH]4)c3n2)c1. The molecular weight excluding hydrogens is 484 g/mol. The number of carbonyl (C=O) groups excluding carboxylic acids is 1. The molecule has 0 aliphatic heterocycles. The summed E-state index contributed by atoms with van der Waals surface area (Å²) in [4.78, 5) is 34.5. The molecule has 6 aromatic heterocycles. The number of thiophene rings is 1. The van der Waals surface area contributed by atoms with Crippen LogP contribution in [0.1, 0.15) is 13.3 Å². The number of aromatic amines is 2. The summed E-state index contributed by atoms with van der Waals surface area (Å²) in [7, 11) is 0. The molecule has 6 rings (SSSR count). The summed E-state index contributed by atoms with van der Waals surface area (Å²) in [6, 6.07) is 11.3. The van der Waals surface area contributed by atoms with Gasteiger partial charge in [-0.1, -0.05) is 18.5 Å². The fourth-order valence-corrected chi connectivity index (χ4v) is 4.83. The summed E-state index contributed by atoms with van der Waals surface area (Å²) < 4.78 is 0.692. The number of hydrogen-bond donors (Lipinski definition) is 3. The number of aromatic nitrogens is 7. The van der Waals surface area contributed by atoms with Crippen molar-refractivity contribution in [1.82, 2.24) is 35.1 Å². The van der Waals surface area contributed by atoms with Gasteiger partial charge in [-0.15, -0.1) is 11.3 Å². The second kappa shape index (κ2) is 8.57. The van der Waals surface area contributed by atoms with E-state index in [1.807, 2.05) is 36.4 Å². The Bertz CT molecular complexity index is 1720. The van der Waals surface area contributed by atoms with Gasteiger partial charge in [-0.25, -0.2) is 9.97 Å². The minimum atomic E-state index is -0.0759. The number of fused-ring (bicyclic) bond motifs is 2. The van der Waals surface area contributed by atoms with E-state index in [-0.39, 0.29) is 5.91 Å². The van der Waals surface area contributed by atoms with E-state index in [1.54, 1.807) is 25.5 Å². The van der Waals surface area contributed by atoms with Gasteiger partial charge in [0.25, 0.3) is 0 Å². The van der Waals surface area contributed by atoms with Gasteiger partial charge in [0, 0.05) is 24.4 Å². The standard InChI is InChI=1S/C24H17ClN8OS/c1-2-19(34)28-13-9-12(10-26-11-13)14-3-4-16-21(29-14)23(33-32-16)24-30-15-7-8-27-22(20(15)31-24)17-5-6-18(25)35-17/h3-11H,2H2,1H3,(H,28,34)(H,30,31)(H,32,33). The van der Waals surface area contributed by atoms with Crippen LogP contribution in [0.25, 0.3) is 55.4 Å². The lowest BCUT2D eigenvalue weighted by Crippen LogP contribution is -2.09. The number of imidazole rings is 1. The number of anilines is 1. The molecule has 0 radical (unpaired) electrons. The zero-order chi connectivity index (χ0) is 23.9. The first-order valence-electron chi connectivity index (χ1n) is 10.8. The number of amides is 1. The molecule has 0 saturated carbocycles. The van der Waals surface area contributed by atoms with Gasteiger partial charge in [0.2, 0.25) is 5.91 Å². The number of carbonyl (C=O) groups is 1. The van der Waals surface area contributed by atoms with E-state index < -0.39 is 0 Å². The second-order valence-electron chi connectivity index (χ2n) is 7.77. The van der Waals surface area contributed by atoms with Crippen LogP contribution >= 0.6 is 22.9 Å². The van der Waals surface area contributed by atoms with Gasteiger partial charge < -0.3 is 10.3 Å². The highest BCUT2D eigenvalue weighted by Crippen LogP contribution is 2.35. The molecule has 0 aliphatic carbocycles. The molecule has 9 nitrogen and oxygen atoms in total. The first kappa shape index (κ1) is 21.4. The van der Waals surface area contributed by atoms with Crippen molar-refractivity contribution in [2.24, 2.45) is 0 Å². The highest BCUT2D eigenvalue weighted by molar-refractivity contribution is 7.19. The maximum Gasteiger partial charge on any atom is 0.224 e. The molecule has 0 saturated heterocycles. The summed E-state index contributed by atoms with van der Waals surface area (Å²) in [5.41, 5.74) is 6.46. The monoisotopic (exact) mass is 500 g/mol. The molecule has 0 aromatic carbocycles. The molecule has 0 fully saturated rings. The Hall–Kier alpha value is -4.15. The summed E-state index contributed by atoms with van der Waals surface area (Å²) in [6.45, 7) is 1.80. The van der Waals surface area contributed by atoms with Crippen LogP contribution in [-0.2, 0) is 4.79 Å². The van der Waals surface area contributed by atoms with Gasteiger partial charge in [0.05, 0.1) is 37.8 Å². The Morgan fingerprint density at radius 3 is 2.77 bits per heavy atom. The Morgan fingerprint density at radius 2 is 1.94 bits per heavy atom. The highest BCUT2D eigenvalue weighted by Gasteiger charge is 2.18. The quantitative estimate of drug-likeness (QED) is 0.279. The molecule has 0 spiro atoms. The third kappa shape index (κ3) is 3.92. The Kier molecular flexibility index (Phi) is 5.24. The van der Waals surface area contributed by atoms with Crippen LogP contribution < -0.4 is 5.32 Å². The van der Waals surface area contributed by atoms with E-state index in [0.29, 0.717) is 39.2 Å². The van der Waals surface area contributed by atoms with Gasteiger partial charge in [-0.2, -0.15) is 5.10 Å². The van der Waals surface area contributed by atoms with Gasteiger partial charge in [-0.3, -0.25) is 19.9 Å². The molecular formula is C24H17ClN8OS. The molecule has 0 atom stereocenters. The average molecular weight is 501 g/mol. The maximum absolute atomic E-state index is 11.8. The van der Waals surface area contributed by atoms with Crippen LogP contribution in [0.5, 0.6) is 0 Å². The summed E-state index contributed by atoms with van der Waals surface area (Å²) in [6.07, 6.45) is 5.45. The second-order valence-corrected chi connectivity index (χ2v) is 9.49. The Morgan fingerprint density at radius 1 is 1.06 bits per heavy atom. The van der Waals surface area contributed by atoms with E-state index in [4.69, 9.17) is 21.6 Å². The molecule has 0 unspecified atom stereocenters. The molecule has 35 heavy (non-hydrogen) atoms. The van der Waals surface area contributed by atoms with Crippen molar-refractivity contribution >= 4 is 56.6 Å². The summed E-state index contributed by atoms with van der Waals surface area (Å²) in [5.74, 6) is 0.503. The van der Waals surface area contributed by atoms with Crippen LogP contribution in [0.2, 0.25) is 4.34 Å². The summed E-state index contributed by atoms with van der Waals surface area (Å²) >= 11 is 7.59. The average Bonchev–Trinajstić information content (AvgIpc) is 3.61. The largest absolute Gasteiger partial charge is 0.336 e. The van der Waals surface area contributed by atoms with Crippen LogP contribution in [0, 0.1) is 0 Å². The lowest BCUT2D eigenvalue weighted by atomic mass is 10.1. The number of nitrogens with one attached hydrogen (secondary N) is 3.